The second kappa shape index (κ2) is 11.7. The van der Waals surface area contributed by atoms with Gasteiger partial charge in [-0.05, 0) is 62.9 Å². The van der Waals surface area contributed by atoms with E-state index in [4.69, 9.17) is 24.4 Å². The maximum absolute atomic E-state index is 12.4. The fourth-order valence-corrected chi connectivity index (χ4v) is 5.92. The van der Waals surface area contributed by atoms with Crippen molar-refractivity contribution in [2.75, 3.05) is 19.8 Å². The lowest BCUT2D eigenvalue weighted by atomic mass is 9.86. The highest BCUT2D eigenvalue weighted by Crippen LogP contribution is 2.44. The van der Waals surface area contributed by atoms with Gasteiger partial charge in [0, 0.05) is 17.5 Å². The van der Waals surface area contributed by atoms with Gasteiger partial charge in [-0.1, -0.05) is 29.1 Å². The Kier molecular flexibility index (Phi) is 8.47. The van der Waals surface area contributed by atoms with Gasteiger partial charge in [0.05, 0.1) is 11.0 Å². The number of rotatable bonds is 10. The van der Waals surface area contributed by atoms with Crippen LogP contribution in [0.5, 0.6) is 17.2 Å². The smallest absolute Gasteiger partial charge is 0.341 e. The highest BCUT2D eigenvalue weighted by Gasteiger charge is 2.41. The molecule has 2 aromatic carbocycles. The predicted octanol–water partition coefficient (Wildman–Crippen LogP) is 3.56. The zero-order valence-electron chi connectivity index (χ0n) is 22.9. The van der Waals surface area contributed by atoms with Crippen LogP contribution in [0.4, 0.5) is 4.79 Å². The number of ether oxygens (including phenoxy) is 3. The quantitative estimate of drug-likeness (QED) is 0.274. The van der Waals surface area contributed by atoms with Gasteiger partial charge < -0.3 is 29.6 Å². The first-order valence-electron chi connectivity index (χ1n) is 12.7. The van der Waals surface area contributed by atoms with E-state index in [1.54, 1.807) is 38.1 Å². The molecule has 218 valence electrons. The van der Waals surface area contributed by atoms with Gasteiger partial charge in [0.25, 0.3) is 5.24 Å². The molecule has 4 rings (SSSR count). The number of oxime groups is 1. The van der Waals surface area contributed by atoms with E-state index in [-0.39, 0.29) is 19.4 Å². The minimum Gasteiger partial charge on any atom is -0.489 e. The highest BCUT2D eigenvalue weighted by atomic mass is 32.2. The Bertz CT molecular complexity index is 1440. The maximum atomic E-state index is 12.4. The molecule has 2 aromatic rings. The summed E-state index contributed by atoms with van der Waals surface area (Å²) in [6.07, 6.45) is 0.466. The van der Waals surface area contributed by atoms with Gasteiger partial charge in [-0.3, -0.25) is 19.3 Å². The second-order valence-electron chi connectivity index (χ2n) is 10.2. The van der Waals surface area contributed by atoms with Crippen LogP contribution < -0.4 is 14.2 Å². The maximum Gasteiger partial charge on any atom is 0.341 e. The molecule has 2 atom stereocenters. The minimum absolute atomic E-state index is 0.106. The van der Waals surface area contributed by atoms with Crippen LogP contribution in [0.1, 0.15) is 41.2 Å². The molecule has 1 saturated heterocycles. The molecule has 0 bridgehead atoms. The molecule has 0 aromatic heterocycles. The number of imide groups is 1. The number of carbonyl (C=O) groups is 4. The van der Waals surface area contributed by atoms with Gasteiger partial charge >= 0.3 is 11.9 Å². The molecular formula is C28H30N2O10S. The molecule has 41 heavy (non-hydrogen) atoms. The minimum atomic E-state index is -1.25. The third kappa shape index (κ3) is 6.24. The fraction of sp³-hybridized carbons (Fsp3) is 0.393. The Morgan fingerprint density at radius 3 is 2.37 bits per heavy atom. The number of carbonyl (C=O) groups excluding carboxylic acids is 2. The largest absolute Gasteiger partial charge is 0.489 e. The summed E-state index contributed by atoms with van der Waals surface area (Å²) >= 11 is 0.817. The normalized spacial score (nSPS) is 21.0. The van der Waals surface area contributed by atoms with Crippen LogP contribution in [0.15, 0.2) is 29.4 Å². The van der Waals surface area contributed by atoms with Crippen molar-refractivity contribution in [1.29, 1.82) is 0 Å². The number of carboxylic acid groups (broad SMARTS) is 2. The van der Waals surface area contributed by atoms with E-state index in [9.17, 15) is 24.4 Å². The molecule has 2 aliphatic rings. The number of hydrogen-bond acceptors (Lipinski definition) is 10. The lowest BCUT2D eigenvalue weighted by Gasteiger charge is -2.38. The molecule has 0 radical (unpaired) electrons. The van der Waals surface area contributed by atoms with E-state index < -0.39 is 47.1 Å². The molecule has 2 heterocycles. The molecule has 2 aliphatic heterocycles. The Balaban J connectivity index is 1.45. The van der Waals surface area contributed by atoms with Gasteiger partial charge in [0.1, 0.15) is 36.0 Å². The average molecular weight is 587 g/mol. The van der Waals surface area contributed by atoms with Gasteiger partial charge in [0.15, 0.2) is 6.61 Å². The van der Waals surface area contributed by atoms with Crippen molar-refractivity contribution in [3.05, 3.63) is 52.1 Å². The van der Waals surface area contributed by atoms with Crippen LogP contribution >= 0.6 is 11.8 Å². The third-order valence-electron chi connectivity index (χ3n) is 7.01. The number of thioether (sulfide) groups is 1. The summed E-state index contributed by atoms with van der Waals surface area (Å²) in [6, 6.07) is 6.98. The van der Waals surface area contributed by atoms with Crippen LogP contribution in [0, 0.1) is 20.8 Å². The molecule has 12 nitrogen and oxygen atoms in total. The van der Waals surface area contributed by atoms with Gasteiger partial charge in [-0.15, -0.1) is 0 Å². The number of benzene rings is 2. The number of amides is 2. The van der Waals surface area contributed by atoms with Crippen molar-refractivity contribution in [2.24, 2.45) is 5.16 Å². The van der Waals surface area contributed by atoms with E-state index >= 15 is 0 Å². The van der Waals surface area contributed by atoms with Crippen molar-refractivity contribution in [1.82, 2.24) is 4.90 Å². The van der Waals surface area contributed by atoms with Gasteiger partial charge in [-0.2, -0.15) is 0 Å². The third-order valence-corrected chi connectivity index (χ3v) is 8.09. The molecule has 13 heteroatoms. The number of fused-ring (bicyclic) bond motifs is 1. The predicted molar refractivity (Wildman–Crippen MR) is 148 cm³/mol. The van der Waals surface area contributed by atoms with E-state index in [2.05, 4.69) is 5.16 Å². The van der Waals surface area contributed by atoms with Crippen LogP contribution in [-0.2, 0) is 20.8 Å². The Morgan fingerprint density at radius 2 is 1.76 bits per heavy atom. The molecule has 1 fully saturated rings. The molecule has 2 unspecified atom stereocenters. The molecule has 3 N–H and O–H groups in total. The number of aliphatic carboxylic acids is 2. The molecule has 2 amide bonds. The fourth-order valence-electron chi connectivity index (χ4n) is 4.89. The summed E-state index contributed by atoms with van der Waals surface area (Å²) in [5.74, 6) is -1.43. The van der Waals surface area contributed by atoms with Crippen LogP contribution in [0.2, 0.25) is 0 Å². The monoisotopic (exact) mass is 586 g/mol. The zero-order chi connectivity index (χ0) is 30.1. The molecule has 0 spiro atoms. The first-order valence-corrected chi connectivity index (χ1v) is 13.6. The number of carboxylic acids is 2. The van der Waals surface area contributed by atoms with E-state index in [1.807, 2.05) is 13.8 Å². The lowest BCUT2D eigenvalue weighted by Crippen LogP contribution is -2.45. The van der Waals surface area contributed by atoms with Gasteiger partial charge in [-0.25, -0.2) is 4.79 Å². The standard InChI is InChI=1S/C28H30N2O10S/c1-14-15(2)25-23(16(3)24(14)38-12-22(33)34)19(29-37)10-28(4,40-25)13-39-18-7-5-17(6-8-18)9-20-26(35)30(11-21(31)32)27(36)41-20/h5-8,20,37H,9-13H2,1-4H3,(H,31,32)(H,33,34). The van der Waals surface area contributed by atoms with Gasteiger partial charge in [0.2, 0.25) is 5.91 Å². The van der Waals surface area contributed by atoms with Crippen LogP contribution in [-0.4, -0.2) is 79.7 Å². The van der Waals surface area contributed by atoms with Crippen molar-refractivity contribution in [3.8, 4) is 17.2 Å². The second-order valence-corrected chi connectivity index (χ2v) is 11.3. The first-order chi connectivity index (χ1) is 19.3. The van der Waals surface area contributed by atoms with Crippen LogP contribution in [0.3, 0.4) is 0 Å². The average Bonchev–Trinajstić information content (AvgIpc) is 3.17. The zero-order valence-corrected chi connectivity index (χ0v) is 23.7. The number of nitrogens with zero attached hydrogens (tertiary/aromatic N) is 2. The molecule has 0 saturated carbocycles. The van der Waals surface area contributed by atoms with Crippen LogP contribution in [0.25, 0.3) is 0 Å². The first kappa shape index (κ1) is 29.7. The summed E-state index contributed by atoms with van der Waals surface area (Å²) in [7, 11) is 0. The summed E-state index contributed by atoms with van der Waals surface area (Å²) in [5, 5.41) is 30.1. The SMILES string of the molecule is Cc1c(C)c2c(c(C)c1OCC(=O)O)C(=NO)CC(C)(COc1ccc(CC3SC(=O)N(CC(=O)O)C3=O)cc1)O2. The van der Waals surface area contributed by atoms with E-state index in [0.717, 1.165) is 27.8 Å². The topological polar surface area (TPSA) is 172 Å². The number of hydrogen-bond donors (Lipinski definition) is 3. The summed E-state index contributed by atoms with van der Waals surface area (Å²) < 4.78 is 18.0. The Hall–Kier alpha value is -4.26. The highest BCUT2D eigenvalue weighted by molar-refractivity contribution is 8.15. The van der Waals surface area contributed by atoms with E-state index in [0.29, 0.717) is 39.7 Å². The Morgan fingerprint density at radius 1 is 1.07 bits per heavy atom. The van der Waals surface area contributed by atoms with Crippen molar-refractivity contribution >= 4 is 40.6 Å². The summed E-state index contributed by atoms with van der Waals surface area (Å²) in [4.78, 5) is 47.2. The summed E-state index contributed by atoms with van der Waals surface area (Å²) in [5.41, 5.74) is 2.84. The summed E-state index contributed by atoms with van der Waals surface area (Å²) in [6.45, 7) is 6.17. The van der Waals surface area contributed by atoms with E-state index in [1.165, 1.54) is 0 Å². The van der Waals surface area contributed by atoms with Crippen molar-refractivity contribution < 1.29 is 48.8 Å². The molecule has 0 aliphatic carbocycles. The molecular weight excluding hydrogens is 556 g/mol. The Labute approximate surface area is 239 Å². The lowest BCUT2D eigenvalue weighted by molar-refractivity contribution is -0.141. The van der Waals surface area contributed by atoms with Crippen molar-refractivity contribution in [3.63, 3.8) is 0 Å². The van der Waals surface area contributed by atoms with Crippen molar-refractivity contribution in [2.45, 2.75) is 51.4 Å².